The van der Waals surface area contributed by atoms with Crippen LogP contribution in [-0.2, 0) is 17.8 Å². The molecule has 0 aliphatic heterocycles. The van der Waals surface area contributed by atoms with Crippen molar-refractivity contribution in [3.8, 4) is 5.69 Å². The zero-order valence-corrected chi connectivity index (χ0v) is 13.2. The highest BCUT2D eigenvalue weighted by molar-refractivity contribution is 5.79. The number of aromatic nitrogens is 2. The number of aryl methyl sites for hydroxylation is 1. The summed E-state index contributed by atoms with van der Waals surface area (Å²) in [5.74, 6) is 0.701. The number of carbonyl (C=O) groups is 1. The van der Waals surface area contributed by atoms with Crippen LogP contribution in [0.15, 0.2) is 53.1 Å². The molecule has 0 radical (unpaired) electrons. The molecule has 0 saturated heterocycles. The van der Waals surface area contributed by atoms with Crippen molar-refractivity contribution < 1.29 is 9.21 Å². The second kappa shape index (κ2) is 6.52. The van der Waals surface area contributed by atoms with Crippen LogP contribution in [-0.4, -0.2) is 15.7 Å². The number of benzene rings is 1. The molecule has 5 heteroatoms. The van der Waals surface area contributed by atoms with Gasteiger partial charge in [-0.3, -0.25) is 4.79 Å². The molecule has 0 atom stereocenters. The molecular formula is C18H19N3O2. The predicted molar refractivity (Wildman–Crippen MR) is 87.3 cm³/mol. The Balaban J connectivity index is 1.73. The first kappa shape index (κ1) is 15.1. The second-order valence-corrected chi connectivity index (χ2v) is 5.43. The summed E-state index contributed by atoms with van der Waals surface area (Å²) in [6.07, 6.45) is 1.91. The molecule has 0 fully saturated rings. The van der Waals surface area contributed by atoms with Crippen LogP contribution in [0.25, 0.3) is 5.69 Å². The third-order valence-electron chi connectivity index (χ3n) is 3.82. The van der Waals surface area contributed by atoms with Crippen LogP contribution in [0.5, 0.6) is 0 Å². The number of nitrogens with zero attached hydrogens (tertiary/aromatic N) is 2. The van der Waals surface area contributed by atoms with Gasteiger partial charge in [0, 0.05) is 11.3 Å². The van der Waals surface area contributed by atoms with Crippen molar-refractivity contribution in [3.63, 3.8) is 0 Å². The fourth-order valence-electron chi connectivity index (χ4n) is 2.57. The molecule has 0 aliphatic carbocycles. The Labute approximate surface area is 134 Å². The molecule has 3 rings (SSSR count). The second-order valence-electron chi connectivity index (χ2n) is 5.43. The van der Waals surface area contributed by atoms with Gasteiger partial charge in [-0.1, -0.05) is 18.2 Å². The zero-order chi connectivity index (χ0) is 16.2. The molecule has 1 amide bonds. The minimum atomic E-state index is -0.0415. The summed E-state index contributed by atoms with van der Waals surface area (Å²) in [4.78, 5) is 12.2. The van der Waals surface area contributed by atoms with E-state index in [0.717, 1.165) is 28.4 Å². The van der Waals surface area contributed by atoms with Crippen molar-refractivity contribution in [1.29, 1.82) is 0 Å². The summed E-state index contributed by atoms with van der Waals surface area (Å²) in [5.41, 5.74) is 3.82. The van der Waals surface area contributed by atoms with Crippen LogP contribution in [0.1, 0.15) is 22.7 Å². The lowest BCUT2D eigenvalue weighted by Crippen LogP contribution is -2.24. The third kappa shape index (κ3) is 3.34. The predicted octanol–water partition coefficient (Wildman–Crippen LogP) is 2.94. The molecule has 0 aliphatic rings. The van der Waals surface area contributed by atoms with Crippen LogP contribution in [0, 0.1) is 13.8 Å². The van der Waals surface area contributed by atoms with E-state index in [1.807, 2.05) is 54.9 Å². The van der Waals surface area contributed by atoms with E-state index in [-0.39, 0.29) is 5.91 Å². The van der Waals surface area contributed by atoms with Crippen LogP contribution in [0.3, 0.4) is 0 Å². The molecule has 23 heavy (non-hydrogen) atoms. The van der Waals surface area contributed by atoms with Crippen molar-refractivity contribution in [2.75, 3.05) is 0 Å². The van der Waals surface area contributed by atoms with Crippen molar-refractivity contribution in [3.05, 3.63) is 71.4 Å². The molecule has 2 aromatic heterocycles. The minimum Gasteiger partial charge on any atom is -0.467 e. The number of furan rings is 1. The van der Waals surface area contributed by atoms with Gasteiger partial charge in [-0.2, -0.15) is 5.10 Å². The lowest BCUT2D eigenvalue weighted by atomic mass is 10.1. The Morgan fingerprint density at radius 1 is 1.17 bits per heavy atom. The highest BCUT2D eigenvalue weighted by Crippen LogP contribution is 2.18. The Bertz CT molecular complexity index is 789. The van der Waals surface area contributed by atoms with Crippen molar-refractivity contribution in [2.45, 2.75) is 26.8 Å². The van der Waals surface area contributed by atoms with Crippen LogP contribution in [0.4, 0.5) is 0 Å². The minimum absolute atomic E-state index is 0.0415. The number of carbonyl (C=O) groups excluding carboxylic acids is 1. The summed E-state index contributed by atoms with van der Waals surface area (Å²) >= 11 is 0. The highest BCUT2D eigenvalue weighted by atomic mass is 16.3. The molecule has 0 saturated carbocycles. The average molecular weight is 309 g/mol. The first-order valence-electron chi connectivity index (χ1n) is 7.55. The molecule has 2 heterocycles. The van der Waals surface area contributed by atoms with E-state index in [1.165, 1.54) is 0 Å². The highest BCUT2D eigenvalue weighted by Gasteiger charge is 2.15. The Morgan fingerprint density at radius 2 is 1.96 bits per heavy atom. The van der Waals surface area contributed by atoms with Gasteiger partial charge in [-0.15, -0.1) is 0 Å². The van der Waals surface area contributed by atoms with E-state index in [0.29, 0.717) is 13.0 Å². The largest absolute Gasteiger partial charge is 0.467 e. The zero-order valence-electron chi connectivity index (χ0n) is 13.2. The van der Waals surface area contributed by atoms with Gasteiger partial charge in [0.25, 0.3) is 0 Å². The van der Waals surface area contributed by atoms with Gasteiger partial charge >= 0.3 is 0 Å². The van der Waals surface area contributed by atoms with E-state index in [4.69, 9.17) is 4.42 Å². The van der Waals surface area contributed by atoms with Crippen LogP contribution >= 0.6 is 0 Å². The summed E-state index contributed by atoms with van der Waals surface area (Å²) < 4.78 is 7.09. The number of hydrogen-bond donors (Lipinski definition) is 1. The van der Waals surface area contributed by atoms with E-state index in [2.05, 4.69) is 10.4 Å². The van der Waals surface area contributed by atoms with Gasteiger partial charge < -0.3 is 9.73 Å². The number of nitrogens with one attached hydrogen (secondary N) is 1. The molecule has 0 spiro atoms. The maximum Gasteiger partial charge on any atom is 0.224 e. The molecule has 3 aromatic rings. The number of amides is 1. The van der Waals surface area contributed by atoms with Gasteiger partial charge in [-0.05, 0) is 38.1 Å². The van der Waals surface area contributed by atoms with Gasteiger partial charge in [0.15, 0.2) is 0 Å². The normalized spacial score (nSPS) is 10.7. The smallest absolute Gasteiger partial charge is 0.224 e. The van der Waals surface area contributed by atoms with E-state index < -0.39 is 0 Å². The van der Waals surface area contributed by atoms with Crippen molar-refractivity contribution in [2.24, 2.45) is 0 Å². The van der Waals surface area contributed by atoms with Crippen molar-refractivity contribution >= 4 is 5.91 Å². The maximum atomic E-state index is 12.2. The fourth-order valence-corrected chi connectivity index (χ4v) is 2.57. The quantitative estimate of drug-likeness (QED) is 0.788. The SMILES string of the molecule is Cc1nn(-c2ccccc2)c(C)c1CC(=O)NCc1ccco1. The van der Waals surface area contributed by atoms with Crippen LogP contribution in [0.2, 0.25) is 0 Å². The first-order valence-corrected chi connectivity index (χ1v) is 7.55. The molecule has 0 bridgehead atoms. The monoisotopic (exact) mass is 309 g/mol. The average Bonchev–Trinajstić information content (AvgIpc) is 3.17. The Kier molecular flexibility index (Phi) is 4.28. The third-order valence-corrected chi connectivity index (χ3v) is 3.82. The standard InChI is InChI=1S/C18H19N3O2/c1-13-17(11-18(22)19-12-16-9-6-10-23-16)14(2)21(20-13)15-7-4-3-5-8-15/h3-10H,11-12H2,1-2H3,(H,19,22). The van der Waals surface area contributed by atoms with Crippen molar-refractivity contribution in [1.82, 2.24) is 15.1 Å². The fraction of sp³-hybridized carbons (Fsp3) is 0.222. The van der Waals surface area contributed by atoms with Gasteiger partial charge in [0.2, 0.25) is 5.91 Å². The topological polar surface area (TPSA) is 60.1 Å². The lowest BCUT2D eigenvalue weighted by Gasteiger charge is -2.06. The van der Waals surface area contributed by atoms with Crippen LogP contribution < -0.4 is 5.32 Å². The Hall–Kier alpha value is -2.82. The molecule has 118 valence electrons. The van der Waals surface area contributed by atoms with E-state index in [9.17, 15) is 4.79 Å². The maximum absolute atomic E-state index is 12.2. The summed E-state index contributed by atoms with van der Waals surface area (Å²) in [5, 5.41) is 7.43. The summed E-state index contributed by atoms with van der Waals surface area (Å²) in [6, 6.07) is 13.6. The van der Waals surface area contributed by atoms with Gasteiger partial charge in [0.1, 0.15) is 5.76 Å². The van der Waals surface area contributed by atoms with Gasteiger partial charge in [0.05, 0.1) is 30.6 Å². The molecule has 1 N–H and O–H groups in total. The molecular weight excluding hydrogens is 290 g/mol. The van der Waals surface area contributed by atoms with E-state index in [1.54, 1.807) is 12.3 Å². The summed E-state index contributed by atoms with van der Waals surface area (Å²) in [6.45, 7) is 4.32. The lowest BCUT2D eigenvalue weighted by molar-refractivity contribution is -0.120. The number of hydrogen-bond acceptors (Lipinski definition) is 3. The molecule has 0 unspecified atom stereocenters. The first-order chi connectivity index (χ1) is 11.1. The molecule has 5 nitrogen and oxygen atoms in total. The number of para-hydroxylation sites is 1. The van der Waals surface area contributed by atoms with Gasteiger partial charge in [-0.25, -0.2) is 4.68 Å². The van der Waals surface area contributed by atoms with E-state index >= 15 is 0 Å². The molecule has 1 aromatic carbocycles. The Morgan fingerprint density at radius 3 is 2.65 bits per heavy atom. The summed E-state index contributed by atoms with van der Waals surface area (Å²) in [7, 11) is 0. The number of rotatable bonds is 5.